The standard InChI is InChI=1S/C15H8BrF3O/c16-13-11-3-1-2-4-12(11)20-14(13)9-5-7-10(8-6-9)15(17,18)19/h1-8H. The first-order valence-electron chi connectivity index (χ1n) is 5.81. The Balaban J connectivity index is 2.09. The van der Waals surface area contributed by atoms with Gasteiger partial charge < -0.3 is 4.42 Å². The van der Waals surface area contributed by atoms with Gasteiger partial charge in [0.25, 0.3) is 0 Å². The molecule has 3 aromatic rings. The highest BCUT2D eigenvalue weighted by molar-refractivity contribution is 9.10. The molecule has 0 aliphatic carbocycles. The highest BCUT2D eigenvalue weighted by Gasteiger charge is 2.30. The normalized spacial score (nSPS) is 12.0. The molecule has 0 bridgehead atoms. The zero-order chi connectivity index (χ0) is 14.3. The Morgan fingerprint density at radius 1 is 0.900 bits per heavy atom. The molecule has 2 aromatic carbocycles. The molecular weight excluding hydrogens is 333 g/mol. The molecule has 1 aromatic heterocycles. The smallest absolute Gasteiger partial charge is 0.416 e. The van der Waals surface area contributed by atoms with Gasteiger partial charge in [0, 0.05) is 10.9 Å². The van der Waals surface area contributed by atoms with E-state index in [1.165, 1.54) is 12.1 Å². The molecule has 0 aliphatic heterocycles. The lowest BCUT2D eigenvalue weighted by Gasteiger charge is -2.06. The topological polar surface area (TPSA) is 13.1 Å². The maximum absolute atomic E-state index is 12.5. The van der Waals surface area contributed by atoms with Gasteiger partial charge >= 0.3 is 6.18 Å². The van der Waals surface area contributed by atoms with Gasteiger partial charge in [-0.25, -0.2) is 0 Å². The molecule has 0 saturated heterocycles. The van der Waals surface area contributed by atoms with Crippen LogP contribution in [-0.2, 0) is 6.18 Å². The van der Waals surface area contributed by atoms with Crippen molar-refractivity contribution in [1.82, 2.24) is 0 Å². The van der Waals surface area contributed by atoms with Gasteiger partial charge in [-0.05, 0) is 40.2 Å². The summed E-state index contributed by atoms with van der Waals surface area (Å²) in [6, 6.07) is 12.3. The molecular formula is C15H8BrF3O. The van der Waals surface area contributed by atoms with Crippen LogP contribution in [0.3, 0.4) is 0 Å². The van der Waals surface area contributed by atoms with Crippen molar-refractivity contribution in [2.75, 3.05) is 0 Å². The molecule has 0 fully saturated rings. The quantitative estimate of drug-likeness (QED) is 0.539. The minimum absolute atomic E-state index is 0.528. The van der Waals surface area contributed by atoms with Crippen LogP contribution in [0.1, 0.15) is 5.56 Å². The number of hydrogen-bond acceptors (Lipinski definition) is 1. The minimum atomic E-state index is -4.33. The molecule has 5 heteroatoms. The maximum Gasteiger partial charge on any atom is 0.416 e. The molecule has 102 valence electrons. The van der Waals surface area contributed by atoms with Crippen LogP contribution in [-0.4, -0.2) is 0 Å². The van der Waals surface area contributed by atoms with E-state index >= 15 is 0 Å². The summed E-state index contributed by atoms with van der Waals surface area (Å²) in [6.45, 7) is 0. The van der Waals surface area contributed by atoms with Gasteiger partial charge in [0.2, 0.25) is 0 Å². The second-order valence-electron chi connectivity index (χ2n) is 4.32. The SMILES string of the molecule is FC(F)(F)c1ccc(-c2oc3ccccc3c2Br)cc1. The molecule has 0 aliphatic rings. The van der Waals surface area contributed by atoms with Crippen LogP contribution in [0.15, 0.2) is 57.4 Å². The predicted octanol–water partition coefficient (Wildman–Crippen LogP) is 5.88. The summed E-state index contributed by atoms with van der Waals surface area (Å²) < 4.78 is 44.0. The van der Waals surface area contributed by atoms with Gasteiger partial charge in [-0.2, -0.15) is 13.2 Å². The van der Waals surface area contributed by atoms with Crippen LogP contribution in [0.25, 0.3) is 22.3 Å². The van der Waals surface area contributed by atoms with Gasteiger partial charge in [0.1, 0.15) is 11.3 Å². The van der Waals surface area contributed by atoms with E-state index < -0.39 is 11.7 Å². The zero-order valence-electron chi connectivity index (χ0n) is 10.0. The van der Waals surface area contributed by atoms with Crippen LogP contribution in [0.2, 0.25) is 0 Å². The fraction of sp³-hybridized carbons (Fsp3) is 0.0667. The number of halogens is 4. The number of rotatable bonds is 1. The largest absolute Gasteiger partial charge is 0.455 e. The van der Waals surface area contributed by atoms with E-state index in [0.29, 0.717) is 16.9 Å². The highest BCUT2D eigenvalue weighted by Crippen LogP contribution is 2.38. The molecule has 0 unspecified atom stereocenters. The average molecular weight is 341 g/mol. The first-order valence-corrected chi connectivity index (χ1v) is 6.61. The number of alkyl halides is 3. The number of hydrogen-bond donors (Lipinski definition) is 0. The van der Waals surface area contributed by atoms with Crippen molar-refractivity contribution in [1.29, 1.82) is 0 Å². The van der Waals surface area contributed by atoms with Crippen molar-refractivity contribution in [3.63, 3.8) is 0 Å². The highest BCUT2D eigenvalue weighted by atomic mass is 79.9. The van der Waals surface area contributed by atoms with Crippen LogP contribution in [0, 0.1) is 0 Å². The average Bonchev–Trinajstić information content (AvgIpc) is 2.76. The van der Waals surface area contributed by atoms with E-state index in [4.69, 9.17) is 4.42 Å². The minimum Gasteiger partial charge on any atom is -0.455 e. The van der Waals surface area contributed by atoms with E-state index in [1.54, 1.807) is 0 Å². The van der Waals surface area contributed by atoms with Crippen molar-refractivity contribution < 1.29 is 17.6 Å². The van der Waals surface area contributed by atoms with Crippen LogP contribution >= 0.6 is 15.9 Å². The molecule has 0 N–H and O–H groups in total. The molecule has 0 spiro atoms. The van der Waals surface area contributed by atoms with Gasteiger partial charge in [0.05, 0.1) is 10.0 Å². The van der Waals surface area contributed by atoms with Gasteiger partial charge in [0.15, 0.2) is 0 Å². The van der Waals surface area contributed by atoms with Crippen molar-refractivity contribution >= 4 is 26.9 Å². The summed E-state index contributed by atoms with van der Waals surface area (Å²) in [4.78, 5) is 0. The van der Waals surface area contributed by atoms with E-state index in [2.05, 4.69) is 15.9 Å². The molecule has 1 nitrogen and oxygen atoms in total. The van der Waals surface area contributed by atoms with Gasteiger partial charge in [-0.15, -0.1) is 0 Å². The second-order valence-corrected chi connectivity index (χ2v) is 5.11. The number of para-hydroxylation sites is 1. The molecule has 0 radical (unpaired) electrons. The predicted molar refractivity (Wildman–Crippen MR) is 74.4 cm³/mol. The molecule has 0 amide bonds. The van der Waals surface area contributed by atoms with E-state index in [1.807, 2.05) is 24.3 Å². The van der Waals surface area contributed by atoms with Gasteiger partial charge in [-0.3, -0.25) is 0 Å². The Bertz CT molecular complexity index is 757. The Hall–Kier alpha value is -1.75. The van der Waals surface area contributed by atoms with Crippen LogP contribution in [0.5, 0.6) is 0 Å². The lowest BCUT2D eigenvalue weighted by atomic mass is 10.1. The second kappa shape index (κ2) is 4.66. The zero-order valence-corrected chi connectivity index (χ0v) is 11.6. The van der Waals surface area contributed by atoms with Crippen molar-refractivity contribution in [3.05, 3.63) is 58.6 Å². The first-order chi connectivity index (χ1) is 9.47. The van der Waals surface area contributed by atoms with E-state index in [9.17, 15) is 13.2 Å². The van der Waals surface area contributed by atoms with Crippen molar-refractivity contribution in [3.8, 4) is 11.3 Å². The summed E-state index contributed by atoms with van der Waals surface area (Å²) in [7, 11) is 0. The van der Waals surface area contributed by atoms with Crippen LogP contribution in [0.4, 0.5) is 13.2 Å². The summed E-state index contributed by atoms with van der Waals surface area (Å²) in [5, 5.41) is 0.891. The van der Waals surface area contributed by atoms with Crippen molar-refractivity contribution in [2.45, 2.75) is 6.18 Å². The number of benzene rings is 2. The van der Waals surface area contributed by atoms with Crippen LogP contribution < -0.4 is 0 Å². The number of furan rings is 1. The summed E-state index contributed by atoms with van der Waals surface area (Å²) in [5.41, 5.74) is 0.615. The lowest BCUT2D eigenvalue weighted by Crippen LogP contribution is -2.03. The summed E-state index contributed by atoms with van der Waals surface area (Å²) in [5.74, 6) is 0.528. The van der Waals surface area contributed by atoms with Gasteiger partial charge in [-0.1, -0.05) is 24.3 Å². The molecule has 0 atom stereocenters. The monoisotopic (exact) mass is 340 g/mol. The summed E-state index contributed by atoms with van der Waals surface area (Å²) >= 11 is 3.43. The fourth-order valence-corrected chi connectivity index (χ4v) is 2.65. The Morgan fingerprint density at radius 2 is 1.55 bits per heavy atom. The third-order valence-electron chi connectivity index (χ3n) is 3.01. The molecule has 3 rings (SSSR count). The number of fused-ring (bicyclic) bond motifs is 1. The maximum atomic E-state index is 12.5. The summed E-state index contributed by atoms with van der Waals surface area (Å²) in [6.07, 6.45) is -4.33. The Labute approximate surface area is 121 Å². The molecule has 1 heterocycles. The lowest BCUT2D eigenvalue weighted by molar-refractivity contribution is -0.137. The third kappa shape index (κ3) is 2.22. The fourth-order valence-electron chi connectivity index (χ4n) is 2.01. The van der Waals surface area contributed by atoms with E-state index in [0.717, 1.165) is 22.0 Å². The van der Waals surface area contributed by atoms with E-state index in [-0.39, 0.29) is 0 Å². The third-order valence-corrected chi connectivity index (χ3v) is 3.80. The Morgan fingerprint density at radius 3 is 2.15 bits per heavy atom. The molecule has 20 heavy (non-hydrogen) atoms. The first kappa shape index (κ1) is 13.2. The Kier molecular flexibility index (Phi) is 3.09. The molecule has 0 saturated carbocycles. The van der Waals surface area contributed by atoms with Crippen molar-refractivity contribution in [2.24, 2.45) is 0 Å².